The summed E-state index contributed by atoms with van der Waals surface area (Å²) in [6, 6.07) is -3.86. The minimum absolute atomic E-state index is 0.212. The van der Waals surface area contributed by atoms with Gasteiger partial charge in [-0.05, 0) is 12.3 Å². The summed E-state index contributed by atoms with van der Waals surface area (Å²) in [5.74, 6) is -6.21. The normalized spacial score (nSPS) is 14.5. The molecule has 0 aliphatic heterocycles. The van der Waals surface area contributed by atoms with E-state index < -0.39 is 66.7 Å². The van der Waals surface area contributed by atoms with E-state index >= 15 is 0 Å². The first-order valence-corrected chi connectivity index (χ1v) is 9.24. The van der Waals surface area contributed by atoms with Gasteiger partial charge in [-0.2, -0.15) is 0 Å². The standard InChI is InChI=1S/C17H29N5O8/c1-3-8(2)14(17(30)20-7-13(26)27)22-16(29)10(4-5-11(19)23)21-15(28)9(18)6-12(24)25/h8-10,14H,3-7,18H2,1-2H3,(H2,19,23)(H,20,30)(H,21,28)(H,22,29)(H,24,25)(H,26,27). The van der Waals surface area contributed by atoms with Gasteiger partial charge in [-0.1, -0.05) is 20.3 Å². The van der Waals surface area contributed by atoms with Gasteiger partial charge in [-0.3, -0.25) is 28.8 Å². The average molecular weight is 431 g/mol. The third-order valence-electron chi connectivity index (χ3n) is 4.25. The number of amides is 4. The topological polar surface area (TPSA) is 231 Å². The van der Waals surface area contributed by atoms with Crippen LogP contribution in [0.25, 0.3) is 0 Å². The van der Waals surface area contributed by atoms with Crippen molar-refractivity contribution in [1.29, 1.82) is 0 Å². The fourth-order valence-corrected chi connectivity index (χ4v) is 2.34. The van der Waals surface area contributed by atoms with E-state index in [4.69, 9.17) is 21.7 Å². The molecular weight excluding hydrogens is 402 g/mol. The Kier molecular flexibility index (Phi) is 11.7. The summed E-state index contributed by atoms with van der Waals surface area (Å²) in [5.41, 5.74) is 10.6. The Balaban J connectivity index is 5.38. The molecule has 0 radical (unpaired) electrons. The second-order valence-corrected chi connectivity index (χ2v) is 6.75. The Morgan fingerprint density at radius 1 is 0.933 bits per heavy atom. The number of nitrogens with one attached hydrogen (secondary N) is 3. The van der Waals surface area contributed by atoms with Crippen LogP contribution >= 0.6 is 0 Å². The van der Waals surface area contributed by atoms with Crippen LogP contribution in [-0.2, 0) is 28.8 Å². The van der Waals surface area contributed by atoms with Gasteiger partial charge in [0.15, 0.2) is 0 Å². The fourth-order valence-electron chi connectivity index (χ4n) is 2.34. The number of carboxylic acids is 2. The van der Waals surface area contributed by atoms with Crippen LogP contribution in [0.1, 0.15) is 39.5 Å². The summed E-state index contributed by atoms with van der Waals surface area (Å²) in [7, 11) is 0. The number of hydrogen-bond acceptors (Lipinski definition) is 7. The highest BCUT2D eigenvalue weighted by molar-refractivity contribution is 5.94. The molecule has 4 unspecified atom stereocenters. The SMILES string of the molecule is CCC(C)C(NC(=O)C(CCC(N)=O)NC(=O)C(N)CC(=O)O)C(=O)NCC(=O)O. The van der Waals surface area contributed by atoms with Crippen molar-refractivity contribution in [1.82, 2.24) is 16.0 Å². The van der Waals surface area contributed by atoms with Crippen LogP contribution in [0, 0.1) is 5.92 Å². The van der Waals surface area contributed by atoms with Crippen molar-refractivity contribution < 1.29 is 39.0 Å². The first-order chi connectivity index (χ1) is 13.9. The maximum Gasteiger partial charge on any atom is 0.322 e. The Morgan fingerprint density at radius 3 is 2.00 bits per heavy atom. The molecule has 4 amide bonds. The van der Waals surface area contributed by atoms with E-state index in [9.17, 15) is 28.8 Å². The molecular formula is C17H29N5O8. The maximum absolute atomic E-state index is 12.7. The van der Waals surface area contributed by atoms with E-state index in [2.05, 4.69) is 16.0 Å². The molecule has 0 aromatic rings. The summed E-state index contributed by atoms with van der Waals surface area (Å²) in [5, 5.41) is 24.3. The van der Waals surface area contributed by atoms with Gasteiger partial charge in [0.25, 0.3) is 0 Å². The number of nitrogens with two attached hydrogens (primary N) is 2. The van der Waals surface area contributed by atoms with Crippen molar-refractivity contribution in [3.05, 3.63) is 0 Å². The highest BCUT2D eigenvalue weighted by Crippen LogP contribution is 2.09. The van der Waals surface area contributed by atoms with Crippen molar-refractivity contribution in [2.75, 3.05) is 6.54 Å². The van der Waals surface area contributed by atoms with Gasteiger partial charge in [0.1, 0.15) is 18.6 Å². The lowest BCUT2D eigenvalue weighted by molar-refractivity contribution is -0.140. The van der Waals surface area contributed by atoms with Gasteiger partial charge in [0.2, 0.25) is 23.6 Å². The second-order valence-electron chi connectivity index (χ2n) is 6.75. The van der Waals surface area contributed by atoms with E-state index in [-0.39, 0.29) is 18.8 Å². The van der Waals surface area contributed by atoms with E-state index in [0.717, 1.165) is 0 Å². The largest absolute Gasteiger partial charge is 0.481 e. The third-order valence-corrected chi connectivity index (χ3v) is 4.25. The summed E-state index contributed by atoms with van der Waals surface area (Å²) < 4.78 is 0. The quantitative estimate of drug-likeness (QED) is 0.151. The lowest BCUT2D eigenvalue weighted by Gasteiger charge is -2.26. The molecule has 30 heavy (non-hydrogen) atoms. The van der Waals surface area contributed by atoms with Crippen LogP contribution in [0.4, 0.5) is 0 Å². The fraction of sp³-hybridized carbons (Fsp3) is 0.647. The first kappa shape index (κ1) is 26.8. The highest BCUT2D eigenvalue weighted by Gasteiger charge is 2.31. The molecule has 9 N–H and O–H groups in total. The minimum Gasteiger partial charge on any atom is -0.481 e. The summed E-state index contributed by atoms with van der Waals surface area (Å²) in [6.45, 7) is 2.77. The molecule has 0 rings (SSSR count). The maximum atomic E-state index is 12.7. The number of carbonyl (C=O) groups is 6. The van der Waals surface area contributed by atoms with Crippen molar-refractivity contribution in [2.45, 2.75) is 57.7 Å². The zero-order chi connectivity index (χ0) is 23.4. The second kappa shape index (κ2) is 13.1. The lowest BCUT2D eigenvalue weighted by Crippen LogP contribution is -2.57. The van der Waals surface area contributed by atoms with Gasteiger partial charge < -0.3 is 37.6 Å². The molecule has 0 heterocycles. The number of carbonyl (C=O) groups excluding carboxylic acids is 4. The molecule has 0 saturated heterocycles. The van der Waals surface area contributed by atoms with Gasteiger partial charge in [-0.25, -0.2) is 0 Å². The number of rotatable bonds is 14. The van der Waals surface area contributed by atoms with E-state index in [1.165, 1.54) is 0 Å². The van der Waals surface area contributed by atoms with E-state index in [0.29, 0.717) is 6.42 Å². The number of aliphatic carboxylic acids is 2. The first-order valence-electron chi connectivity index (χ1n) is 9.24. The van der Waals surface area contributed by atoms with Crippen molar-refractivity contribution in [2.24, 2.45) is 17.4 Å². The summed E-state index contributed by atoms with van der Waals surface area (Å²) in [6.07, 6.45) is -0.696. The highest BCUT2D eigenvalue weighted by atomic mass is 16.4. The van der Waals surface area contributed by atoms with Gasteiger partial charge in [-0.15, -0.1) is 0 Å². The average Bonchev–Trinajstić information content (AvgIpc) is 2.65. The molecule has 0 aromatic carbocycles. The smallest absolute Gasteiger partial charge is 0.322 e. The predicted octanol–water partition coefficient (Wildman–Crippen LogP) is -2.73. The van der Waals surface area contributed by atoms with Crippen molar-refractivity contribution >= 4 is 35.6 Å². The van der Waals surface area contributed by atoms with Gasteiger partial charge >= 0.3 is 11.9 Å². The molecule has 0 fully saturated rings. The predicted molar refractivity (Wildman–Crippen MR) is 103 cm³/mol. The van der Waals surface area contributed by atoms with Gasteiger partial charge in [0, 0.05) is 6.42 Å². The molecule has 0 aliphatic rings. The van der Waals surface area contributed by atoms with Gasteiger partial charge in [0.05, 0.1) is 12.5 Å². The number of primary amides is 1. The lowest BCUT2D eigenvalue weighted by atomic mass is 9.97. The third kappa shape index (κ3) is 10.4. The van der Waals surface area contributed by atoms with Crippen LogP contribution in [0.15, 0.2) is 0 Å². The van der Waals surface area contributed by atoms with Crippen molar-refractivity contribution in [3.63, 3.8) is 0 Å². The number of carboxylic acid groups (broad SMARTS) is 2. The molecule has 0 spiro atoms. The summed E-state index contributed by atoms with van der Waals surface area (Å²) >= 11 is 0. The molecule has 0 saturated carbocycles. The minimum atomic E-state index is -1.43. The molecule has 0 aliphatic carbocycles. The Morgan fingerprint density at radius 2 is 1.53 bits per heavy atom. The van der Waals surface area contributed by atoms with E-state index in [1.54, 1.807) is 13.8 Å². The van der Waals surface area contributed by atoms with Crippen LogP contribution < -0.4 is 27.4 Å². The Labute approximate surface area is 172 Å². The Hall–Kier alpha value is -3.22. The van der Waals surface area contributed by atoms with Crippen LogP contribution in [0.3, 0.4) is 0 Å². The van der Waals surface area contributed by atoms with E-state index in [1.807, 2.05) is 0 Å². The number of hydrogen-bond donors (Lipinski definition) is 7. The van der Waals surface area contributed by atoms with Crippen LogP contribution in [0.2, 0.25) is 0 Å². The zero-order valence-corrected chi connectivity index (χ0v) is 16.8. The molecule has 4 atom stereocenters. The molecule has 13 nitrogen and oxygen atoms in total. The molecule has 0 bridgehead atoms. The summed E-state index contributed by atoms with van der Waals surface area (Å²) in [4.78, 5) is 69.5. The Bertz CT molecular complexity index is 669. The molecule has 0 aromatic heterocycles. The zero-order valence-electron chi connectivity index (χ0n) is 16.8. The monoisotopic (exact) mass is 431 g/mol. The van der Waals surface area contributed by atoms with Crippen molar-refractivity contribution in [3.8, 4) is 0 Å². The molecule has 170 valence electrons. The molecule has 13 heteroatoms. The van der Waals surface area contributed by atoms with Crippen LogP contribution in [-0.4, -0.2) is 70.5 Å². The van der Waals surface area contributed by atoms with Crippen LogP contribution in [0.5, 0.6) is 0 Å².